The molecule has 0 aliphatic carbocycles. The molecule has 0 atom stereocenters. The van der Waals surface area contributed by atoms with E-state index in [2.05, 4.69) is 33.5 Å². The largest absolute Gasteiger partial charge is 0.345 e. The molecule has 0 spiro atoms. The van der Waals surface area contributed by atoms with Crippen LogP contribution in [0.15, 0.2) is 93.2 Å². The number of carbonyl (C=O) groups excluding carboxylic acids is 1. The predicted octanol–water partition coefficient (Wildman–Crippen LogP) is 5.10. The minimum atomic E-state index is -0.247. The Hall–Kier alpha value is -3.29. The molecule has 5 nitrogen and oxygen atoms in total. The van der Waals surface area contributed by atoms with Gasteiger partial charge in [-0.25, -0.2) is 9.98 Å². The maximum atomic E-state index is 12.7. The summed E-state index contributed by atoms with van der Waals surface area (Å²) in [5.74, 6) is -0.247. The number of rotatable bonds is 4. The molecule has 4 aromatic rings. The molecule has 0 radical (unpaired) electrons. The second-order valence-corrected chi connectivity index (χ2v) is 8.61. The van der Waals surface area contributed by atoms with E-state index in [9.17, 15) is 4.79 Å². The van der Waals surface area contributed by atoms with Crippen LogP contribution >= 0.6 is 23.1 Å². The molecule has 7 heteroatoms. The fourth-order valence-corrected chi connectivity index (χ4v) is 4.84. The Morgan fingerprint density at radius 1 is 0.967 bits per heavy atom. The number of aliphatic imine (C=N–C) groups is 1. The van der Waals surface area contributed by atoms with E-state index >= 15 is 0 Å². The van der Waals surface area contributed by atoms with E-state index in [0.29, 0.717) is 12.2 Å². The lowest BCUT2D eigenvalue weighted by atomic mass is 10.1. The molecular weight excluding hydrogens is 412 g/mol. The Labute approximate surface area is 182 Å². The van der Waals surface area contributed by atoms with Crippen molar-refractivity contribution < 1.29 is 4.79 Å². The van der Waals surface area contributed by atoms with Crippen LogP contribution in [0.25, 0.3) is 0 Å². The van der Waals surface area contributed by atoms with Crippen molar-refractivity contribution in [3.8, 4) is 0 Å². The summed E-state index contributed by atoms with van der Waals surface area (Å²) in [6, 6.07) is 19.7. The van der Waals surface area contributed by atoms with Gasteiger partial charge in [0.1, 0.15) is 5.69 Å². The maximum Gasteiger partial charge on any atom is 0.270 e. The molecule has 146 valence electrons. The highest BCUT2D eigenvalue weighted by Gasteiger charge is 2.21. The van der Waals surface area contributed by atoms with Gasteiger partial charge in [0.15, 0.2) is 0 Å². The third-order valence-electron chi connectivity index (χ3n) is 4.58. The number of thiophene rings is 1. The summed E-state index contributed by atoms with van der Waals surface area (Å²) < 4.78 is 0. The Kier molecular flexibility index (Phi) is 5.13. The fraction of sp³-hybridized carbons (Fsp3) is 0.0435. The molecule has 0 unspecified atom stereocenters. The van der Waals surface area contributed by atoms with Gasteiger partial charge in [-0.05, 0) is 35.7 Å². The van der Waals surface area contributed by atoms with Crippen LogP contribution < -0.4 is 5.32 Å². The van der Waals surface area contributed by atoms with E-state index in [-0.39, 0.29) is 5.91 Å². The van der Waals surface area contributed by atoms with Gasteiger partial charge in [-0.15, -0.1) is 11.3 Å². The number of nitrogens with one attached hydrogen (secondary N) is 1. The van der Waals surface area contributed by atoms with Crippen molar-refractivity contribution in [2.45, 2.75) is 16.3 Å². The summed E-state index contributed by atoms with van der Waals surface area (Å²) in [5, 5.41) is 4.92. The second-order valence-electron chi connectivity index (χ2n) is 6.58. The first kappa shape index (κ1) is 18.7. The van der Waals surface area contributed by atoms with Gasteiger partial charge in [0.05, 0.1) is 33.4 Å². The molecule has 1 aliphatic heterocycles. The number of hydrogen-bond acceptors (Lipinski definition) is 6. The number of amides is 1. The summed E-state index contributed by atoms with van der Waals surface area (Å²) in [6.45, 7) is 0.350. The number of aromatic nitrogens is 2. The third-order valence-corrected chi connectivity index (χ3v) is 6.57. The van der Waals surface area contributed by atoms with Crippen molar-refractivity contribution >= 4 is 40.4 Å². The van der Waals surface area contributed by atoms with Crippen LogP contribution in [-0.2, 0) is 6.54 Å². The highest BCUT2D eigenvalue weighted by atomic mass is 32.2. The molecule has 1 N–H and O–H groups in total. The van der Waals surface area contributed by atoms with Crippen LogP contribution in [0.5, 0.6) is 0 Å². The minimum absolute atomic E-state index is 0.247. The average Bonchev–Trinajstić information content (AvgIpc) is 3.27. The van der Waals surface area contributed by atoms with Gasteiger partial charge < -0.3 is 5.32 Å². The molecule has 0 saturated heterocycles. The lowest BCUT2D eigenvalue weighted by Gasteiger charge is -2.07. The first-order valence-corrected chi connectivity index (χ1v) is 11.1. The zero-order valence-electron chi connectivity index (χ0n) is 15.8. The van der Waals surface area contributed by atoms with Crippen molar-refractivity contribution in [1.29, 1.82) is 0 Å². The van der Waals surface area contributed by atoms with Crippen molar-refractivity contribution in [1.82, 2.24) is 15.3 Å². The Bertz CT molecular complexity index is 1240. The summed E-state index contributed by atoms with van der Waals surface area (Å²) >= 11 is 3.27. The Balaban J connectivity index is 1.49. The van der Waals surface area contributed by atoms with Crippen LogP contribution in [0.4, 0.5) is 5.69 Å². The van der Waals surface area contributed by atoms with Crippen LogP contribution in [0, 0.1) is 0 Å². The minimum Gasteiger partial charge on any atom is -0.345 e. The zero-order valence-corrected chi connectivity index (χ0v) is 17.4. The SMILES string of the molecule is O=C(NCc1ccccn1)c1cc2c(cn1)Sc1ccccc1C(c1cccs1)=N2. The van der Waals surface area contributed by atoms with Gasteiger partial charge in [-0.3, -0.25) is 9.78 Å². The van der Waals surface area contributed by atoms with E-state index in [1.165, 1.54) is 0 Å². The molecule has 0 saturated carbocycles. The molecule has 4 heterocycles. The molecule has 0 fully saturated rings. The van der Waals surface area contributed by atoms with Crippen LogP contribution in [0.1, 0.15) is 26.6 Å². The molecule has 1 amide bonds. The standard InChI is InChI=1S/C23H16N4OS2/c28-23(26-13-15-6-3-4-10-24-15)18-12-17-21(14-25-18)30-19-8-2-1-7-16(19)22(27-17)20-9-5-11-29-20/h1-12,14H,13H2,(H,26,28). The number of pyridine rings is 2. The first-order chi connectivity index (χ1) is 14.8. The third kappa shape index (κ3) is 3.77. The number of benzene rings is 1. The van der Waals surface area contributed by atoms with E-state index in [1.807, 2.05) is 41.8 Å². The van der Waals surface area contributed by atoms with Crippen LogP contribution in [0.3, 0.4) is 0 Å². The first-order valence-electron chi connectivity index (χ1n) is 9.36. The van der Waals surface area contributed by atoms with Gasteiger partial charge in [0.2, 0.25) is 0 Å². The lowest BCUT2D eigenvalue weighted by molar-refractivity contribution is 0.0945. The van der Waals surface area contributed by atoms with Crippen molar-refractivity contribution in [3.63, 3.8) is 0 Å². The summed E-state index contributed by atoms with van der Waals surface area (Å²) in [6.07, 6.45) is 3.44. The predicted molar refractivity (Wildman–Crippen MR) is 120 cm³/mol. The maximum absolute atomic E-state index is 12.7. The Morgan fingerprint density at radius 3 is 2.70 bits per heavy atom. The lowest BCUT2D eigenvalue weighted by Crippen LogP contribution is -2.24. The van der Waals surface area contributed by atoms with Crippen molar-refractivity contribution in [3.05, 3.63) is 100 Å². The normalized spacial score (nSPS) is 12.3. The quantitative estimate of drug-likeness (QED) is 0.432. The zero-order chi connectivity index (χ0) is 20.3. The van der Waals surface area contributed by atoms with Crippen molar-refractivity contribution in [2.24, 2.45) is 4.99 Å². The summed E-state index contributed by atoms with van der Waals surface area (Å²) in [7, 11) is 0. The van der Waals surface area contributed by atoms with Gasteiger partial charge in [-0.2, -0.15) is 0 Å². The molecule has 5 rings (SSSR count). The smallest absolute Gasteiger partial charge is 0.270 e. The fourth-order valence-electron chi connectivity index (χ4n) is 3.14. The highest BCUT2D eigenvalue weighted by Crippen LogP contribution is 2.41. The highest BCUT2D eigenvalue weighted by molar-refractivity contribution is 7.99. The number of carbonyl (C=O) groups is 1. The second kappa shape index (κ2) is 8.22. The van der Waals surface area contributed by atoms with Gasteiger partial charge in [-0.1, -0.05) is 42.1 Å². The van der Waals surface area contributed by atoms with E-state index < -0.39 is 0 Å². The van der Waals surface area contributed by atoms with E-state index in [0.717, 1.165) is 37.3 Å². The summed E-state index contributed by atoms with van der Waals surface area (Å²) in [4.78, 5) is 29.4. The monoisotopic (exact) mass is 428 g/mol. The van der Waals surface area contributed by atoms with Gasteiger partial charge >= 0.3 is 0 Å². The average molecular weight is 429 g/mol. The summed E-state index contributed by atoms with van der Waals surface area (Å²) in [5.41, 5.74) is 3.88. The van der Waals surface area contributed by atoms with Gasteiger partial charge in [0, 0.05) is 22.9 Å². The molecule has 3 aromatic heterocycles. The van der Waals surface area contributed by atoms with Crippen LogP contribution in [-0.4, -0.2) is 21.6 Å². The molecule has 30 heavy (non-hydrogen) atoms. The van der Waals surface area contributed by atoms with E-state index in [1.54, 1.807) is 41.6 Å². The Morgan fingerprint density at radius 2 is 1.87 bits per heavy atom. The number of nitrogens with zero attached hydrogens (tertiary/aromatic N) is 3. The number of hydrogen-bond donors (Lipinski definition) is 1. The molecule has 1 aromatic carbocycles. The van der Waals surface area contributed by atoms with Crippen LogP contribution in [0.2, 0.25) is 0 Å². The van der Waals surface area contributed by atoms with Gasteiger partial charge in [0.25, 0.3) is 5.91 Å². The molecular formula is C23H16N4OS2. The van der Waals surface area contributed by atoms with E-state index in [4.69, 9.17) is 4.99 Å². The topological polar surface area (TPSA) is 67.2 Å². The molecule has 1 aliphatic rings. The molecule has 0 bridgehead atoms. The van der Waals surface area contributed by atoms with Crippen molar-refractivity contribution in [2.75, 3.05) is 0 Å². The number of fused-ring (bicyclic) bond motifs is 2.